The molecule has 108 valence electrons. The van der Waals surface area contributed by atoms with E-state index in [1.165, 1.54) is 0 Å². The summed E-state index contributed by atoms with van der Waals surface area (Å²) in [4.78, 5) is 0. The van der Waals surface area contributed by atoms with Gasteiger partial charge in [-0.25, -0.2) is 8.78 Å². The van der Waals surface area contributed by atoms with Gasteiger partial charge in [-0.05, 0) is 0 Å². The fraction of sp³-hybridized carbons (Fsp3) is 0.667. The Bertz CT molecular complexity index is 269. The van der Waals surface area contributed by atoms with Crippen molar-refractivity contribution < 1.29 is 43.9 Å². The number of alkyl halides is 8. The average molecular weight is 333 g/mol. The lowest BCUT2D eigenvalue weighted by molar-refractivity contribution is -0.330. The topological polar surface area (TPSA) is 0 Å². The lowest BCUT2D eigenvalue weighted by atomic mass is 10.0. The van der Waals surface area contributed by atoms with Crippen LogP contribution in [0, 0.1) is 12.1 Å². The number of hydrogen-bond acceptors (Lipinski definition) is 0. The van der Waals surface area contributed by atoms with Crippen molar-refractivity contribution in [2.75, 3.05) is 0 Å². The summed E-state index contributed by atoms with van der Waals surface area (Å²) in [7, 11) is 0. The van der Waals surface area contributed by atoms with Crippen molar-refractivity contribution in [3.63, 3.8) is 0 Å². The van der Waals surface area contributed by atoms with E-state index in [0.29, 0.717) is 0 Å². The molecular formula is C6Cl2F10. The highest BCUT2D eigenvalue weighted by Gasteiger charge is 2.84. The third-order valence-corrected chi connectivity index (χ3v) is 2.28. The molecule has 0 heterocycles. The molecular weight excluding hydrogens is 333 g/mol. The van der Waals surface area contributed by atoms with E-state index >= 15 is 0 Å². The van der Waals surface area contributed by atoms with Crippen LogP contribution >= 0.6 is 23.2 Å². The van der Waals surface area contributed by atoms with Gasteiger partial charge >= 0.3 is 35.0 Å². The molecule has 0 aliphatic carbocycles. The Balaban J connectivity index is 5.74. The van der Waals surface area contributed by atoms with Crippen LogP contribution in [0.25, 0.3) is 0 Å². The summed E-state index contributed by atoms with van der Waals surface area (Å²) in [5, 5.41) is -5.92. The first kappa shape index (κ1) is 17.9. The summed E-state index contributed by atoms with van der Waals surface area (Å²) < 4.78 is 123. The Hall–Kier alpha value is -0.120. The molecule has 2 radical (unpaired) electrons. The highest BCUT2D eigenvalue weighted by Crippen LogP contribution is 2.59. The Labute approximate surface area is 103 Å². The van der Waals surface area contributed by atoms with Gasteiger partial charge in [-0.1, -0.05) is 23.2 Å². The van der Waals surface area contributed by atoms with E-state index in [9.17, 15) is 43.9 Å². The quantitative estimate of drug-likeness (QED) is 0.495. The lowest BCUT2D eigenvalue weighted by Crippen LogP contribution is -2.63. The maximum Gasteiger partial charge on any atom is 0.381 e. The molecule has 0 aromatic heterocycles. The molecule has 0 spiro atoms. The summed E-state index contributed by atoms with van der Waals surface area (Å²) in [6.07, 6.45) is -4.11. The van der Waals surface area contributed by atoms with Gasteiger partial charge in [0, 0.05) is 0 Å². The first-order valence-electron chi connectivity index (χ1n) is 3.52. The van der Waals surface area contributed by atoms with Crippen LogP contribution in [0.15, 0.2) is 0 Å². The molecule has 0 aliphatic heterocycles. The molecule has 1 unspecified atom stereocenters. The zero-order chi connectivity index (χ0) is 15.2. The van der Waals surface area contributed by atoms with Crippen molar-refractivity contribution >= 4 is 23.2 Å². The Morgan fingerprint density at radius 3 is 1.28 bits per heavy atom. The minimum absolute atomic E-state index is 3.54. The second-order valence-corrected chi connectivity index (χ2v) is 3.67. The molecule has 0 N–H and O–H groups in total. The molecule has 0 fully saturated rings. The smallest absolute Gasteiger partial charge is 0.214 e. The van der Waals surface area contributed by atoms with Crippen molar-refractivity contribution in [1.82, 2.24) is 0 Å². The molecule has 1 atom stereocenters. The molecule has 0 bridgehead atoms. The third kappa shape index (κ3) is 2.33. The third-order valence-electron chi connectivity index (χ3n) is 1.66. The summed E-state index contributed by atoms with van der Waals surface area (Å²) in [6.45, 7) is 0. The van der Waals surface area contributed by atoms with Gasteiger partial charge in [0.1, 0.15) is 0 Å². The SMILES string of the molecule is F[C](Cl)C(F)(F)C(F)(F)C(F)(F)C(F)(Cl)[C](F)F. The number of halogens is 12. The molecule has 0 aromatic carbocycles. The van der Waals surface area contributed by atoms with Gasteiger partial charge in [-0.3, -0.25) is 0 Å². The van der Waals surface area contributed by atoms with E-state index < -0.39 is 35.0 Å². The standard InChI is InChI=1S/C6Cl2F10/c7-1(9)4(13,14)6(17,18)5(15,16)3(8,12)2(10)11. The van der Waals surface area contributed by atoms with Crippen LogP contribution in [0.4, 0.5) is 43.9 Å². The molecule has 0 saturated carbocycles. The highest BCUT2D eigenvalue weighted by molar-refractivity contribution is 6.26. The second kappa shape index (κ2) is 4.77. The van der Waals surface area contributed by atoms with E-state index in [2.05, 4.69) is 23.2 Å². The van der Waals surface area contributed by atoms with Crippen LogP contribution in [-0.4, -0.2) is 22.9 Å². The summed E-state index contributed by atoms with van der Waals surface area (Å²) in [5.41, 5.74) is -3.54. The van der Waals surface area contributed by atoms with Gasteiger partial charge < -0.3 is 0 Å². The average Bonchev–Trinajstić information content (AvgIpc) is 2.15. The number of rotatable bonds is 5. The molecule has 18 heavy (non-hydrogen) atoms. The molecule has 0 rings (SSSR count). The summed E-state index contributed by atoms with van der Waals surface area (Å²) in [6, 6.07) is 0. The van der Waals surface area contributed by atoms with Crippen molar-refractivity contribution in [3.8, 4) is 0 Å². The van der Waals surface area contributed by atoms with E-state index in [-0.39, 0.29) is 0 Å². The molecule has 12 heteroatoms. The van der Waals surface area contributed by atoms with Crippen LogP contribution in [0.5, 0.6) is 0 Å². The maximum absolute atomic E-state index is 12.6. The van der Waals surface area contributed by atoms with Crippen LogP contribution < -0.4 is 0 Å². The van der Waals surface area contributed by atoms with E-state index in [1.54, 1.807) is 0 Å². The first-order valence-corrected chi connectivity index (χ1v) is 4.27. The minimum Gasteiger partial charge on any atom is -0.214 e. The molecule has 0 amide bonds. The molecule has 0 nitrogen and oxygen atoms in total. The van der Waals surface area contributed by atoms with Gasteiger partial charge in [-0.2, -0.15) is 35.1 Å². The number of hydrogen-bond donors (Lipinski definition) is 0. The maximum atomic E-state index is 12.6. The predicted octanol–water partition coefficient (Wildman–Crippen LogP) is 4.92. The van der Waals surface area contributed by atoms with Crippen LogP contribution in [0.1, 0.15) is 0 Å². The first-order chi connectivity index (χ1) is 7.64. The van der Waals surface area contributed by atoms with Crippen molar-refractivity contribution in [1.29, 1.82) is 0 Å². The summed E-state index contributed by atoms with van der Waals surface area (Å²) >= 11 is 7.58. The predicted molar refractivity (Wildman–Crippen MR) is 40.2 cm³/mol. The molecule has 0 aromatic rings. The zero-order valence-corrected chi connectivity index (χ0v) is 9.05. The molecule has 0 aliphatic rings. The lowest BCUT2D eigenvalue weighted by Gasteiger charge is -2.36. The fourth-order valence-corrected chi connectivity index (χ4v) is 0.869. The fourth-order valence-electron chi connectivity index (χ4n) is 0.632. The van der Waals surface area contributed by atoms with Gasteiger partial charge in [0.05, 0.1) is 0 Å². The van der Waals surface area contributed by atoms with Crippen LogP contribution in [0.3, 0.4) is 0 Å². The normalized spacial score (nSPS) is 18.3. The Morgan fingerprint density at radius 2 is 1.06 bits per heavy atom. The van der Waals surface area contributed by atoms with Crippen molar-refractivity contribution in [2.45, 2.75) is 22.9 Å². The van der Waals surface area contributed by atoms with E-state index in [4.69, 9.17) is 0 Å². The van der Waals surface area contributed by atoms with Crippen molar-refractivity contribution in [3.05, 3.63) is 12.1 Å². The van der Waals surface area contributed by atoms with Gasteiger partial charge in [0.25, 0.3) is 0 Å². The van der Waals surface area contributed by atoms with E-state index in [1.807, 2.05) is 0 Å². The van der Waals surface area contributed by atoms with Crippen LogP contribution in [0.2, 0.25) is 0 Å². The Kier molecular flexibility index (Phi) is 4.74. The van der Waals surface area contributed by atoms with Gasteiger partial charge in [0.15, 0.2) is 0 Å². The van der Waals surface area contributed by atoms with Gasteiger partial charge in [-0.15, -0.1) is 0 Å². The highest BCUT2D eigenvalue weighted by atomic mass is 35.5. The van der Waals surface area contributed by atoms with Gasteiger partial charge in [0.2, 0.25) is 0 Å². The summed E-state index contributed by atoms with van der Waals surface area (Å²) in [5.74, 6) is -20.2. The Morgan fingerprint density at radius 1 is 0.722 bits per heavy atom. The van der Waals surface area contributed by atoms with Crippen molar-refractivity contribution in [2.24, 2.45) is 0 Å². The monoisotopic (exact) mass is 332 g/mol. The van der Waals surface area contributed by atoms with E-state index in [0.717, 1.165) is 0 Å². The largest absolute Gasteiger partial charge is 0.381 e. The molecule has 0 saturated heterocycles. The zero-order valence-electron chi connectivity index (χ0n) is 7.54. The van der Waals surface area contributed by atoms with Crippen LogP contribution in [-0.2, 0) is 0 Å². The minimum atomic E-state index is -6.94. The second-order valence-electron chi connectivity index (χ2n) is 2.82.